The first kappa shape index (κ1) is 14.2. The highest BCUT2D eigenvalue weighted by Gasteiger charge is 2.17. The normalized spacial score (nSPS) is 15.6. The molecule has 19 heavy (non-hydrogen) atoms. The van der Waals surface area contributed by atoms with Gasteiger partial charge in [-0.3, -0.25) is 0 Å². The van der Waals surface area contributed by atoms with E-state index in [1.807, 2.05) is 16.7 Å². The average Bonchev–Trinajstić information content (AvgIpc) is 2.45. The summed E-state index contributed by atoms with van der Waals surface area (Å²) in [6.45, 7) is 5.99. The number of nitrogens with zero attached hydrogens (tertiary/aromatic N) is 5. The van der Waals surface area contributed by atoms with Crippen LogP contribution in [0.25, 0.3) is 0 Å². The molecule has 0 aliphatic carbocycles. The fourth-order valence-corrected chi connectivity index (χ4v) is 2.05. The van der Waals surface area contributed by atoms with Crippen molar-refractivity contribution in [1.82, 2.24) is 15.0 Å². The molecule has 0 unspecified atom stereocenters. The lowest BCUT2D eigenvalue weighted by Gasteiger charge is -2.28. The summed E-state index contributed by atoms with van der Waals surface area (Å²) in [4.78, 5) is 16.6. The summed E-state index contributed by atoms with van der Waals surface area (Å²) in [6, 6.07) is 0. The molecule has 1 aliphatic heterocycles. The second-order valence-electron chi connectivity index (χ2n) is 4.11. The van der Waals surface area contributed by atoms with Crippen LogP contribution in [0.15, 0.2) is 0 Å². The molecule has 2 heterocycles. The fourth-order valence-electron chi connectivity index (χ4n) is 1.90. The smallest absolute Gasteiger partial charge is 0.231 e. The Morgan fingerprint density at radius 1 is 1.32 bits per heavy atom. The van der Waals surface area contributed by atoms with Crippen LogP contribution in [0.4, 0.5) is 11.9 Å². The predicted molar refractivity (Wildman–Crippen MR) is 72.8 cm³/mol. The number of likely N-dealkylation sites (N-methyl/N-ethyl adjacent to an activating group) is 1. The largest absolute Gasteiger partial charge is 0.395 e. The Morgan fingerprint density at radius 2 is 2.05 bits per heavy atom. The summed E-state index contributed by atoms with van der Waals surface area (Å²) in [5.41, 5.74) is 0. The van der Waals surface area contributed by atoms with E-state index < -0.39 is 0 Å². The molecule has 0 atom stereocenters. The topological polar surface area (TPSA) is 74.6 Å². The molecular formula is C11H18ClN5O2. The van der Waals surface area contributed by atoms with Crippen LogP contribution in [-0.4, -0.2) is 66.1 Å². The van der Waals surface area contributed by atoms with Gasteiger partial charge >= 0.3 is 0 Å². The Labute approximate surface area is 117 Å². The van der Waals surface area contributed by atoms with E-state index in [0.717, 1.165) is 13.1 Å². The number of morpholine rings is 1. The van der Waals surface area contributed by atoms with Crippen molar-refractivity contribution in [2.24, 2.45) is 0 Å². The summed E-state index contributed by atoms with van der Waals surface area (Å²) in [5.74, 6) is 1.06. The number of aromatic nitrogens is 3. The molecule has 1 saturated heterocycles. The average molecular weight is 288 g/mol. The molecule has 0 radical (unpaired) electrons. The Kier molecular flexibility index (Phi) is 5.12. The maximum atomic E-state index is 9.04. The molecular weight excluding hydrogens is 270 g/mol. The third-order valence-electron chi connectivity index (χ3n) is 2.91. The zero-order valence-corrected chi connectivity index (χ0v) is 11.7. The summed E-state index contributed by atoms with van der Waals surface area (Å²) >= 11 is 5.96. The van der Waals surface area contributed by atoms with Gasteiger partial charge < -0.3 is 19.6 Å². The number of ether oxygens (including phenoxy) is 1. The van der Waals surface area contributed by atoms with Gasteiger partial charge in [0.2, 0.25) is 17.2 Å². The third kappa shape index (κ3) is 3.65. The first-order chi connectivity index (χ1) is 9.24. The number of aliphatic hydroxyl groups is 1. The molecule has 1 aromatic rings. The minimum Gasteiger partial charge on any atom is -0.395 e. The minimum atomic E-state index is 0.0457. The van der Waals surface area contributed by atoms with Gasteiger partial charge in [-0.2, -0.15) is 15.0 Å². The van der Waals surface area contributed by atoms with Crippen molar-refractivity contribution in [3.63, 3.8) is 0 Å². The fraction of sp³-hybridized carbons (Fsp3) is 0.727. The maximum Gasteiger partial charge on any atom is 0.231 e. The summed E-state index contributed by atoms with van der Waals surface area (Å²) in [7, 11) is 0. The first-order valence-electron chi connectivity index (χ1n) is 6.34. The summed E-state index contributed by atoms with van der Waals surface area (Å²) in [5, 5.41) is 9.21. The quantitative estimate of drug-likeness (QED) is 0.828. The third-order valence-corrected chi connectivity index (χ3v) is 3.08. The van der Waals surface area contributed by atoms with Gasteiger partial charge in [-0.05, 0) is 18.5 Å². The summed E-state index contributed by atoms with van der Waals surface area (Å²) < 4.78 is 5.30. The van der Waals surface area contributed by atoms with Crippen LogP contribution in [0.2, 0.25) is 5.28 Å². The number of halogens is 1. The van der Waals surface area contributed by atoms with Crippen LogP contribution < -0.4 is 9.80 Å². The molecule has 0 aromatic carbocycles. The predicted octanol–water partition coefficient (Wildman–Crippen LogP) is 0.180. The van der Waals surface area contributed by atoms with Crippen LogP contribution in [0, 0.1) is 0 Å². The monoisotopic (exact) mass is 287 g/mol. The van der Waals surface area contributed by atoms with Gasteiger partial charge in [-0.25, -0.2) is 0 Å². The zero-order valence-electron chi connectivity index (χ0n) is 10.9. The van der Waals surface area contributed by atoms with Crippen LogP contribution >= 0.6 is 11.6 Å². The van der Waals surface area contributed by atoms with E-state index in [1.165, 1.54) is 0 Å². The van der Waals surface area contributed by atoms with Crippen LogP contribution in [-0.2, 0) is 4.74 Å². The molecule has 8 heteroatoms. The minimum absolute atomic E-state index is 0.0457. The highest BCUT2D eigenvalue weighted by Crippen LogP contribution is 2.17. The van der Waals surface area contributed by atoms with Gasteiger partial charge in [0.05, 0.1) is 19.8 Å². The first-order valence-corrected chi connectivity index (χ1v) is 6.72. The van der Waals surface area contributed by atoms with Crippen LogP contribution in [0.3, 0.4) is 0 Å². The SMILES string of the molecule is CCN(CCO)c1nc(Cl)nc(N2CCOCC2)n1. The molecule has 0 spiro atoms. The standard InChI is InChI=1S/C11H18ClN5O2/c1-2-16(3-6-18)10-13-9(12)14-11(15-10)17-4-7-19-8-5-17/h18H,2-8H2,1H3. The Hall–Kier alpha value is -1.18. The van der Waals surface area contributed by atoms with E-state index in [2.05, 4.69) is 15.0 Å². The van der Waals surface area contributed by atoms with Crippen LogP contribution in [0.1, 0.15) is 6.92 Å². The number of hydrogen-bond acceptors (Lipinski definition) is 7. The Balaban J connectivity index is 2.22. The lowest BCUT2D eigenvalue weighted by atomic mass is 10.4. The lowest BCUT2D eigenvalue weighted by Crippen LogP contribution is -2.38. The second-order valence-corrected chi connectivity index (χ2v) is 4.45. The molecule has 1 N–H and O–H groups in total. The molecule has 0 saturated carbocycles. The van der Waals surface area contributed by atoms with Crippen molar-refractivity contribution in [1.29, 1.82) is 0 Å². The van der Waals surface area contributed by atoms with E-state index in [1.54, 1.807) is 0 Å². The van der Waals surface area contributed by atoms with E-state index in [4.69, 9.17) is 21.4 Å². The molecule has 1 fully saturated rings. The van der Waals surface area contributed by atoms with Crippen molar-refractivity contribution in [3.8, 4) is 0 Å². The van der Waals surface area contributed by atoms with Gasteiger partial charge in [-0.15, -0.1) is 0 Å². The Morgan fingerprint density at radius 3 is 2.68 bits per heavy atom. The van der Waals surface area contributed by atoms with Crippen molar-refractivity contribution in [2.45, 2.75) is 6.92 Å². The van der Waals surface area contributed by atoms with E-state index in [-0.39, 0.29) is 11.9 Å². The van der Waals surface area contributed by atoms with Gasteiger partial charge in [0.25, 0.3) is 0 Å². The molecule has 7 nitrogen and oxygen atoms in total. The molecule has 106 valence electrons. The van der Waals surface area contributed by atoms with Crippen molar-refractivity contribution in [2.75, 3.05) is 55.8 Å². The van der Waals surface area contributed by atoms with Gasteiger partial charge in [0.15, 0.2) is 0 Å². The van der Waals surface area contributed by atoms with Crippen molar-refractivity contribution < 1.29 is 9.84 Å². The zero-order chi connectivity index (χ0) is 13.7. The number of anilines is 2. The number of rotatable bonds is 5. The van der Waals surface area contributed by atoms with Crippen molar-refractivity contribution >= 4 is 23.5 Å². The molecule has 0 bridgehead atoms. The summed E-state index contributed by atoms with van der Waals surface area (Å²) in [6.07, 6.45) is 0. The second kappa shape index (κ2) is 6.83. The highest BCUT2D eigenvalue weighted by atomic mass is 35.5. The lowest BCUT2D eigenvalue weighted by molar-refractivity contribution is 0.122. The van der Waals surface area contributed by atoms with E-state index in [9.17, 15) is 0 Å². The van der Waals surface area contributed by atoms with E-state index in [0.29, 0.717) is 38.2 Å². The number of hydrogen-bond donors (Lipinski definition) is 1. The molecule has 1 aromatic heterocycles. The van der Waals surface area contributed by atoms with Gasteiger partial charge in [-0.1, -0.05) is 0 Å². The molecule has 2 rings (SSSR count). The maximum absolute atomic E-state index is 9.04. The van der Waals surface area contributed by atoms with Gasteiger partial charge in [0, 0.05) is 26.2 Å². The van der Waals surface area contributed by atoms with Crippen molar-refractivity contribution in [3.05, 3.63) is 5.28 Å². The van der Waals surface area contributed by atoms with E-state index >= 15 is 0 Å². The molecule has 0 amide bonds. The number of aliphatic hydroxyl groups excluding tert-OH is 1. The highest BCUT2D eigenvalue weighted by molar-refractivity contribution is 6.28. The van der Waals surface area contributed by atoms with Crippen LogP contribution in [0.5, 0.6) is 0 Å². The Bertz CT molecular complexity index is 391. The van der Waals surface area contributed by atoms with Gasteiger partial charge in [0.1, 0.15) is 0 Å². The molecule has 1 aliphatic rings.